The van der Waals surface area contributed by atoms with Gasteiger partial charge in [-0.25, -0.2) is 0 Å². The van der Waals surface area contributed by atoms with Crippen molar-refractivity contribution in [3.8, 4) is 5.75 Å². The number of aliphatic hydroxyl groups is 1. The van der Waals surface area contributed by atoms with Crippen LogP contribution in [0, 0.1) is 5.41 Å². The van der Waals surface area contributed by atoms with Gasteiger partial charge in [-0.2, -0.15) is 13.2 Å². The SMILES string of the molecule is O=C1CCCCN1CC1(O)CCC2(CCN(c3ccc(OCC(F)(F)F)cc3)C2=O)CC1. The van der Waals surface area contributed by atoms with E-state index in [0.29, 0.717) is 63.8 Å². The first-order valence-corrected chi connectivity index (χ1v) is 11.2. The van der Waals surface area contributed by atoms with Crippen LogP contribution in [0.5, 0.6) is 5.75 Å². The molecule has 0 unspecified atom stereocenters. The Labute approximate surface area is 185 Å². The van der Waals surface area contributed by atoms with E-state index in [1.807, 2.05) is 0 Å². The van der Waals surface area contributed by atoms with Gasteiger partial charge in [0.1, 0.15) is 5.75 Å². The number of ether oxygens (including phenoxy) is 1. The Morgan fingerprint density at radius 1 is 0.969 bits per heavy atom. The Bertz CT molecular complexity index is 848. The second-order valence-corrected chi connectivity index (χ2v) is 9.38. The summed E-state index contributed by atoms with van der Waals surface area (Å²) < 4.78 is 41.7. The zero-order valence-electron chi connectivity index (χ0n) is 18.0. The third-order valence-corrected chi connectivity index (χ3v) is 7.11. The van der Waals surface area contributed by atoms with Crippen LogP contribution in [0.1, 0.15) is 51.4 Å². The van der Waals surface area contributed by atoms with Gasteiger partial charge in [0.15, 0.2) is 6.61 Å². The molecule has 1 spiro atoms. The van der Waals surface area contributed by atoms with E-state index >= 15 is 0 Å². The molecule has 3 aliphatic rings. The Hall–Kier alpha value is -2.29. The fourth-order valence-electron chi connectivity index (χ4n) is 5.15. The third kappa shape index (κ3) is 4.87. The highest BCUT2D eigenvalue weighted by atomic mass is 19.4. The second kappa shape index (κ2) is 8.57. The van der Waals surface area contributed by atoms with Crippen molar-refractivity contribution >= 4 is 17.5 Å². The van der Waals surface area contributed by atoms with Gasteiger partial charge in [0, 0.05) is 31.7 Å². The molecule has 2 amide bonds. The fourth-order valence-corrected chi connectivity index (χ4v) is 5.15. The Morgan fingerprint density at radius 3 is 2.28 bits per heavy atom. The molecule has 1 aromatic rings. The van der Waals surface area contributed by atoms with Crippen molar-refractivity contribution in [2.45, 2.75) is 63.1 Å². The van der Waals surface area contributed by atoms with E-state index in [1.54, 1.807) is 21.9 Å². The summed E-state index contributed by atoms with van der Waals surface area (Å²) in [6, 6.07) is 6.08. The molecule has 9 heteroatoms. The highest BCUT2D eigenvalue weighted by molar-refractivity contribution is 6.00. The topological polar surface area (TPSA) is 70.1 Å². The minimum absolute atomic E-state index is 0.00226. The molecule has 3 fully saturated rings. The van der Waals surface area contributed by atoms with Crippen LogP contribution in [0.3, 0.4) is 0 Å². The quantitative estimate of drug-likeness (QED) is 0.737. The molecule has 2 aliphatic heterocycles. The van der Waals surface area contributed by atoms with Crippen molar-refractivity contribution in [1.29, 1.82) is 0 Å². The molecule has 0 radical (unpaired) electrons. The van der Waals surface area contributed by atoms with Crippen LogP contribution in [0.2, 0.25) is 0 Å². The number of β-amino-alcohol motifs (C(OH)–C–C–N with tert-alkyl or cyclic N) is 1. The standard InChI is InChI=1S/C23H29F3N2O4/c24-23(25,26)16-32-18-6-4-17(5-7-18)28-14-12-21(20(28)30)8-10-22(31,11-9-21)15-27-13-2-1-3-19(27)29/h4-7,31H,1-3,8-16H2. The Balaban J connectivity index is 1.36. The molecular weight excluding hydrogens is 425 g/mol. The molecule has 1 aliphatic carbocycles. The van der Waals surface area contributed by atoms with Crippen LogP contribution >= 0.6 is 0 Å². The van der Waals surface area contributed by atoms with Crippen molar-refractivity contribution in [3.63, 3.8) is 0 Å². The van der Waals surface area contributed by atoms with Crippen molar-refractivity contribution in [2.24, 2.45) is 5.41 Å². The molecule has 1 saturated carbocycles. The van der Waals surface area contributed by atoms with E-state index in [0.717, 1.165) is 12.8 Å². The molecule has 0 bridgehead atoms. The summed E-state index contributed by atoms with van der Waals surface area (Å²) in [5.74, 6) is 0.190. The number of benzene rings is 1. The van der Waals surface area contributed by atoms with Crippen molar-refractivity contribution < 1.29 is 32.6 Å². The van der Waals surface area contributed by atoms with Crippen LogP contribution in [0.4, 0.5) is 18.9 Å². The largest absolute Gasteiger partial charge is 0.484 e. The number of rotatable bonds is 5. The van der Waals surface area contributed by atoms with E-state index < -0.39 is 23.8 Å². The van der Waals surface area contributed by atoms with Crippen molar-refractivity contribution in [1.82, 2.24) is 4.90 Å². The second-order valence-electron chi connectivity index (χ2n) is 9.38. The summed E-state index contributed by atoms with van der Waals surface area (Å²) in [7, 11) is 0. The summed E-state index contributed by atoms with van der Waals surface area (Å²) in [6.07, 6.45) is 0.739. The zero-order valence-corrected chi connectivity index (χ0v) is 18.0. The number of hydrogen-bond donors (Lipinski definition) is 1. The average molecular weight is 454 g/mol. The fraction of sp³-hybridized carbons (Fsp3) is 0.652. The molecule has 4 rings (SSSR count). The first-order valence-electron chi connectivity index (χ1n) is 11.2. The molecule has 1 aromatic carbocycles. The Morgan fingerprint density at radius 2 is 1.66 bits per heavy atom. The molecular formula is C23H29F3N2O4. The molecule has 2 saturated heterocycles. The number of nitrogens with zero attached hydrogens (tertiary/aromatic N) is 2. The van der Waals surface area contributed by atoms with Gasteiger partial charge in [-0.1, -0.05) is 0 Å². The van der Waals surface area contributed by atoms with E-state index in [2.05, 4.69) is 0 Å². The first-order chi connectivity index (χ1) is 15.1. The van der Waals surface area contributed by atoms with Gasteiger partial charge in [0.2, 0.25) is 11.8 Å². The van der Waals surface area contributed by atoms with E-state index in [4.69, 9.17) is 4.74 Å². The minimum Gasteiger partial charge on any atom is -0.484 e. The van der Waals surface area contributed by atoms with Crippen LogP contribution in [0.25, 0.3) is 0 Å². The number of amides is 2. The smallest absolute Gasteiger partial charge is 0.422 e. The molecule has 176 valence electrons. The summed E-state index contributed by atoms with van der Waals surface area (Å²) in [6.45, 7) is 0.190. The average Bonchev–Trinajstić information content (AvgIpc) is 3.07. The maximum Gasteiger partial charge on any atom is 0.422 e. The Kier molecular flexibility index (Phi) is 6.13. The highest BCUT2D eigenvalue weighted by Gasteiger charge is 2.52. The number of likely N-dealkylation sites (tertiary alicyclic amines) is 1. The maximum absolute atomic E-state index is 13.3. The summed E-state index contributed by atoms with van der Waals surface area (Å²) in [5.41, 5.74) is -0.849. The number of piperidine rings is 1. The summed E-state index contributed by atoms with van der Waals surface area (Å²) in [4.78, 5) is 28.8. The lowest BCUT2D eigenvalue weighted by molar-refractivity contribution is -0.153. The molecule has 0 atom stereocenters. The van der Waals surface area contributed by atoms with Gasteiger partial charge in [-0.15, -0.1) is 0 Å². The third-order valence-electron chi connectivity index (χ3n) is 7.11. The monoisotopic (exact) mass is 454 g/mol. The number of hydrogen-bond acceptors (Lipinski definition) is 4. The molecule has 6 nitrogen and oxygen atoms in total. The van der Waals surface area contributed by atoms with Gasteiger partial charge in [-0.05, 0) is 69.2 Å². The zero-order chi connectivity index (χ0) is 23.0. The first kappa shape index (κ1) is 22.9. The molecule has 1 N–H and O–H groups in total. The lowest BCUT2D eigenvalue weighted by atomic mass is 9.67. The molecule has 32 heavy (non-hydrogen) atoms. The van der Waals surface area contributed by atoms with Crippen LogP contribution in [0.15, 0.2) is 24.3 Å². The van der Waals surface area contributed by atoms with Crippen LogP contribution in [-0.2, 0) is 9.59 Å². The predicted octanol–water partition coefficient (Wildman–Crippen LogP) is 3.67. The lowest BCUT2D eigenvalue weighted by Gasteiger charge is -2.43. The van der Waals surface area contributed by atoms with E-state index in [-0.39, 0.29) is 17.6 Å². The number of anilines is 1. The van der Waals surface area contributed by atoms with Gasteiger partial charge < -0.3 is 19.6 Å². The summed E-state index contributed by atoms with van der Waals surface area (Å²) in [5, 5.41) is 11.1. The van der Waals surface area contributed by atoms with Crippen molar-refractivity contribution in [2.75, 3.05) is 31.1 Å². The number of alkyl halides is 3. The number of halogens is 3. The minimum atomic E-state index is -4.40. The highest BCUT2D eigenvalue weighted by Crippen LogP contribution is 2.49. The molecule has 2 heterocycles. The number of carbonyl (C=O) groups excluding carboxylic acids is 2. The van der Waals surface area contributed by atoms with Crippen LogP contribution in [-0.4, -0.2) is 59.8 Å². The van der Waals surface area contributed by atoms with Gasteiger partial charge in [0.25, 0.3) is 0 Å². The van der Waals surface area contributed by atoms with E-state index in [1.165, 1.54) is 12.1 Å². The van der Waals surface area contributed by atoms with Gasteiger partial charge >= 0.3 is 6.18 Å². The van der Waals surface area contributed by atoms with E-state index in [9.17, 15) is 27.9 Å². The van der Waals surface area contributed by atoms with Crippen molar-refractivity contribution in [3.05, 3.63) is 24.3 Å². The lowest BCUT2D eigenvalue weighted by Crippen LogP contribution is -2.51. The maximum atomic E-state index is 13.3. The van der Waals surface area contributed by atoms with Gasteiger partial charge in [-0.3, -0.25) is 9.59 Å². The molecule has 0 aromatic heterocycles. The van der Waals surface area contributed by atoms with Crippen LogP contribution < -0.4 is 9.64 Å². The normalized spacial score (nSPS) is 29.1. The summed E-state index contributed by atoms with van der Waals surface area (Å²) >= 11 is 0. The number of carbonyl (C=O) groups is 2. The predicted molar refractivity (Wildman–Crippen MR) is 111 cm³/mol. The van der Waals surface area contributed by atoms with Gasteiger partial charge in [0.05, 0.1) is 11.0 Å².